The molecule has 1 saturated heterocycles. The third kappa shape index (κ3) is 4.62. The summed E-state index contributed by atoms with van der Waals surface area (Å²) in [7, 11) is 3.76. The van der Waals surface area contributed by atoms with Crippen LogP contribution in [0.2, 0.25) is 0 Å². The van der Waals surface area contributed by atoms with E-state index in [1.165, 1.54) is 5.56 Å². The predicted molar refractivity (Wildman–Crippen MR) is 148 cm³/mol. The van der Waals surface area contributed by atoms with E-state index in [4.69, 9.17) is 0 Å². The maximum atomic E-state index is 13.4. The number of benzene rings is 1. The highest BCUT2D eigenvalue weighted by atomic mass is 16.3. The first-order chi connectivity index (χ1) is 18.8. The predicted octanol–water partition coefficient (Wildman–Crippen LogP) is 2.68. The van der Waals surface area contributed by atoms with Gasteiger partial charge < -0.3 is 30.4 Å². The molecule has 0 bridgehead atoms. The number of hydrogen-bond acceptors (Lipinski definition) is 9. The number of carbonyl (C=O) groups is 1. The smallest absolute Gasteiger partial charge is 0.318 e. The number of aromatic amines is 1. The van der Waals surface area contributed by atoms with Gasteiger partial charge in [0.05, 0.1) is 30.4 Å². The Kier molecular flexibility index (Phi) is 6.29. The average Bonchev–Trinajstić information content (AvgIpc) is 3.23. The third-order valence-electron chi connectivity index (χ3n) is 8.13. The molecule has 1 saturated carbocycles. The van der Waals surface area contributed by atoms with Crippen LogP contribution in [0.25, 0.3) is 0 Å². The van der Waals surface area contributed by atoms with Gasteiger partial charge in [0, 0.05) is 38.2 Å². The van der Waals surface area contributed by atoms with Crippen LogP contribution < -0.4 is 20.4 Å². The van der Waals surface area contributed by atoms with Crippen LogP contribution in [-0.2, 0) is 12.1 Å². The number of fused-ring (bicyclic) bond motifs is 1. The zero-order chi connectivity index (χ0) is 27.3. The van der Waals surface area contributed by atoms with E-state index in [9.17, 15) is 9.90 Å². The van der Waals surface area contributed by atoms with Crippen molar-refractivity contribution in [3.8, 4) is 0 Å². The zero-order valence-electron chi connectivity index (χ0n) is 22.8. The van der Waals surface area contributed by atoms with Gasteiger partial charge in [-0.1, -0.05) is 30.3 Å². The summed E-state index contributed by atoms with van der Waals surface area (Å²) in [5.41, 5.74) is 2.50. The summed E-state index contributed by atoms with van der Waals surface area (Å²) in [5, 5.41) is 24.0. The van der Waals surface area contributed by atoms with Gasteiger partial charge in [-0.2, -0.15) is 20.1 Å². The van der Waals surface area contributed by atoms with Crippen molar-refractivity contribution >= 4 is 29.7 Å². The minimum absolute atomic E-state index is 0.00859. The fourth-order valence-electron chi connectivity index (χ4n) is 5.74. The van der Waals surface area contributed by atoms with Crippen LogP contribution in [0.1, 0.15) is 55.8 Å². The fourth-order valence-corrected chi connectivity index (χ4v) is 5.74. The van der Waals surface area contributed by atoms with E-state index in [1.807, 2.05) is 60.8 Å². The maximum absolute atomic E-state index is 13.4. The normalized spacial score (nSPS) is 23.1. The number of nitrogens with zero attached hydrogens (tertiary/aromatic N) is 7. The van der Waals surface area contributed by atoms with E-state index in [2.05, 4.69) is 47.9 Å². The number of aliphatic hydroxyl groups excluding tert-OH is 1. The molecule has 206 valence electrons. The van der Waals surface area contributed by atoms with Crippen molar-refractivity contribution in [2.45, 2.75) is 63.2 Å². The number of amides is 2. The number of hydrogen-bond donors (Lipinski definition) is 4. The summed E-state index contributed by atoms with van der Waals surface area (Å²) in [6.45, 7) is 5.29. The molecular formula is C27H36N10O2. The maximum Gasteiger partial charge on any atom is 0.318 e. The Morgan fingerprint density at radius 1 is 1.21 bits per heavy atom. The van der Waals surface area contributed by atoms with Crippen molar-refractivity contribution in [1.82, 2.24) is 35.4 Å². The molecule has 1 aromatic carbocycles. The van der Waals surface area contributed by atoms with Crippen LogP contribution in [0.15, 0.2) is 30.3 Å². The molecule has 2 aliphatic heterocycles. The van der Waals surface area contributed by atoms with Crippen molar-refractivity contribution in [1.29, 1.82) is 0 Å². The Balaban J connectivity index is 1.20. The first-order valence-electron chi connectivity index (χ1n) is 13.5. The Labute approximate surface area is 227 Å². The Hall–Kier alpha value is -3.93. The van der Waals surface area contributed by atoms with Crippen molar-refractivity contribution in [2.75, 3.05) is 42.4 Å². The van der Waals surface area contributed by atoms with Gasteiger partial charge in [0.1, 0.15) is 0 Å². The summed E-state index contributed by atoms with van der Waals surface area (Å²) in [6, 6.07) is 10.4. The first-order valence-corrected chi connectivity index (χ1v) is 13.5. The summed E-state index contributed by atoms with van der Waals surface area (Å²) in [6.07, 6.45) is 2.83. The fraction of sp³-hybridized carbons (Fsp3) is 0.519. The van der Waals surface area contributed by atoms with Crippen LogP contribution in [0, 0.1) is 0 Å². The lowest BCUT2D eigenvalue weighted by atomic mass is 10.0. The molecule has 2 aromatic heterocycles. The number of H-pyrrole nitrogens is 1. The minimum Gasteiger partial charge on any atom is -0.394 e. The molecule has 1 aliphatic carbocycles. The first kappa shape index (κ1) is 25.4. The summed E-state index contributed by atoms with van der Waals surface area (Å²) < 4.78 is 0. The number of rotatable bonds is 7. The molecule has 3 aromatic rings. The quantitative estimate of drug-likeness (QED) is 0.362. The summed E-state index contributed by atoms with van der Waals surface area (Å²) >= 11 is 0. The monoisotopic (exact) mass is 532 g/mol. The number of aromatic nitrogens is 5. The minimum atomic E-state index is -0.563. The van der Waals surface area contributed by atoms with E-state index in [0.29, 0.717) is 36.1 Å². The highest BCUT2D eigenvalue weighted by Gasteiger charge is 2.47. The van der Waals surface area contributed by atoms with E-state index in [1.54, 1.807) is 0 Å². The number of nitrogens with one attached hydrogen (secondary N) is 3. The standard InChI is InChI=1S/C27H36N10O2/c1-27(2)21-19(14-37(27)26(39)28-20-13-18(20)16-9-6-5-7-10-16)22(34-33-21)29-23-30-24(35(3)4)32-25(31-23)36-12-8-11-17(36)15-38/h5-7,9-10,17-18,20,38H,8,11-15H2,1-4H3,(H,28,39)(H2,29,30,31,32,33,34)/t17-,18?,20-/m0/s1. The van der Waals surface area contributed by atoms with Crippen LogP contribution in [0.3, 0.4) is 0 Å². The Bertz CT molecular complexity index is 1360. The zero-order valence-corrected chi connectivity index (χ0v) is 22.8. The second kappa shape index (κ2) is 9.67. The summed E-state index contributed by atoms with van der Waals surface area (Å²) in [4.78, 5) is 33.0. The number of carbonyl (C=O) groups excluding carboxylic acids is 1. The van der Waals surface area contributed by atoms with Gasteiger partial charge in [0.2, 0.25) is 17.8 Å². The van der Waals surface area contributed by atoms with Gasteiger partial charge in [-0.3, -0.25) is 5.10 Å². The molecule has 2 amide bonds. The third-order valence-corrected chi connectivity index (χ3v) is 8.13. The van der Waals surface area contributed by atoms with E-state index >= 15 is 0 Å². The molecule has 3 atom stereocenters. The molecular weight excluding hydrogens is 496 g/mol. The van der Waals surface area contributed by atoms with Gasteiger partial charge >= 0.3 is 6.03 Å². The van der Waals surface area contributed by atoms with E-state index in [-0.39, 0.29) is 24.7 Å². The molecule has 12 nitrogen and oxygen atoms in total. The van der Waals surface area contributed by atoms with Gasteiger partial charge in [-0.25, -0.2) is 4.79 Å². The molecule has 4 N–H and O–H groups in total. The molecule has 1 unspecified atom stereocenters. The molecule has 12 heteroatoms. The Morgan fingerprint density at radius 3 is 2.74 bits per heavy atom. The lowest BCUT2D eigenvalue weighted by Crippen LogP contribution is -2.47. The van der Waals surface area contributed by atoms with Crippen LogP contribution in [0.5, 0.6) is 0 Å². The van der Waals surface area contributed by atoms with Crippen LogP contribution >= 0.6 is 0 Å². The van der Waals surface area contributed by atoms with Crippen molar-refractivity contribution < 1.29 is 9.90 Å². The molecule has 3 aliphatic rings. The molecule has 0 spiro atoms. The topological polar surface area (TPSA) is 138 Å². The molecule has 6 rings (SSSR count). The Morgan fingerprint density at radius 2 is 2.00 bits per heavy atom. The highest BCUT2D eigenvalue weighted by molar-refractivity contribution is 5.78. The van der Waals surface area contributed by atoms with E-state index in [0.717, 1.165) is 37.1 Å². The number of anilines is 4. The van der Waals surface area contributed by atoms with Gasteiger partial charge in [0.25, 0.3) is 0 Å². The van der Waals surface area contributed by atoms with Gasteiger partial charge in [-0.15, -0.1) is 0 Å². The largest absolute Gasteiger partial charge is 0.394 e. The summed E-state index contributed by atoms with van der Waals surface area (Å²) in [5.74, 6) is 2.35. The molecule has 0 radical (unpaired) electrons. The van der Waals surface area contributed by atoms with Crippen molar-refractivity contribution in [3.63, 3.8) is 0 Å². The van der Waals surface area contributed by atoms with Crippen molar-refractivity contribution in [3.05, 3.63) is 47.2 Å². The average molecular weight is 533 g/mol. The van der Waals surface area contributed by atoms with E-state index < -0.39 is 5.54 Å². The number of urea groups is 1. The second-order valence-corrected chi connectivity index (χ2v) is 11.3. The van der Waals surface area contributed by atoms with Crippen LogP contribution in [0.4, 0.5) is 28.5 Å². The highest BCUT2D eigenvalue weighted by Crippen LogP contribution is 2.43. The SMILES string of the molecule is CN(C)c1nc(Nc2n[nH]c3c2CN(C(=O)N[C@H]2CC2c2ccccc2)C3(C)C)nc(N2CCC[C@H]2CO)n1. The number of aliphatic hydroxyl groups is 1. The van der Waals surface area contributed by atoms with Crippen LogP contribution in [-0.4, -0.2) is 80.5 Å². The van der Waals surface area contributed by atoms with Crippen molar-refractivity contribution in [2.24, 2.45) is 0 Å². The molecule has 4 heterocycles. The lowest BCUT2D eigenvalue weighted by molar-refractivity contribution is 0.142. The second-order valence-electron chi connectivity index (χ2n) is 11.3. The lowest BCUT2D eigenvalue weighted by Gasteiger charge is -2.32. The molecule has 2 fully saturated rings. The molecule has 39 heavy (non-hydrogen) atoms. The van der Waals surface area contributed by atoms with Gasteiger partial charge in [-0.05, 0) is 38.7 Å². The van der Waals surface area contributed by atoms with Gasteiger partial charge in [0.15, 0.2) is 5.82 Å².